The minimum Gasteiger partial charge on any atom is -0.493 e. The van der Waals surface area contributed by atoms with Gasteiger partial charge in [-0.15, -0.1) is 0 Å². The van der Waals surface area contributed by atoms with E-state index in [1.165, 1.54) is 0 Å². The Morgan fingerprint density at radius 1 is 0.341 bits per heavy atom. The Morgan fingerprint density at radius 2 is 0.744 bits per heavy atom. The number of esters is 6. The van der Waals surface area contributed by atoms with Crippen molar-refractivity contribution in [3.05, 3.63) is 242 Å². The molecule has 10 aromatic rings. The van der Waals surface area contributed by atoms with Crippen molar-refractivity contribution < 1.29 is 66.7 Å². The van der Waals surface area contributed by atoms with Crippen LogP contribution in [0.5, 0.6) is 34.5 Å². The molecule has 0 N–H and O–H groups in total. The van der Waals surface area contributed by atoms with Crippen LogP contribution in [0.25, 0.3) is 54.2 Å². The molecule has 0 heterocycles. The van der Waals surface area contributed by atoms with Gasteiger partial charge in [-0.3, -0.25) is 0 Å². The Bertz CT molecular complexity index is 4110. The second-order valence-corrected chi connectivity index (χ2v) is 18.6. The van der Waals surface area contributed by atoms with Crippen LogP contribution in [0, 0.1) is 0 Å². The summed E-state index contributed by atoms with van der Waals surface area (Å²) in [5.74, 6) is -1.09. The zero-order valence-corrected chi connectivity index (χ0v) is 44.0. The number of benzene rings is 10. The van der Waals surface area contributed by atoms with Crippen molar-refractivity contribution in [2.75, 3.05) is 26.4 Å². The van der Waals surface area contributed by atoms with E-state index in [2.05, 4.69) is 13.2 Å². The molecule has 82 heavy (non-hydrogen) atoms. The molecule has 10 aromatic carbocycles. The van der Waals surface area contributed by atoms with Crippen LogP contribution >= 0.6 is 0 Å². The highest BCUT2D eigenvalue weighted by Gasteiger charge is 2.21. The normalized spacial score (nSPS) is 10.9. The van der Waals surface area contributed by atoms with Gasteiger partial charge >= 0.3 is 35.8 Å². The Hall–Kier alpha value is -10.9. The third-order valence-corrected chi connectivity index (χ3v) is 13.0. The fourth-order valence-electron chi connectivity index (χ4n) is 8.98. The summed E-state index contributed by atoms with van der Waals surface area (Å²) in [6, 6.07) is 56.0. The van der Waals surface area contributed by atoms with E-state index in [4.69, 9.17) is 37.9 Å². The smallest absolute Gasteiger partial charge is 0.343 e. The SMILES string of the molecule is C=CC(=O)OCCCOc1ccc(C(=O)Oc2ccc3cc(C(=O)Oc4cc(-c5c(OC(=O)c6ccc7cc(OC(=O)c8ccc(OCCCOC(=O)C=C)cc8)ccc7c6)ccc6ccccc56)c5ccccc5c4)ccc3c2)cc1. The molecule has 0 aliphatic carbocycles. The van der Waals surface area contributed by atoms with Crippen LogP contribution in [0.1, 0.15) is 54.3 Å². The number of ether oxygens (including phenoxy) is 8. The fourth-order valence-corrected chi connectivity index (χ4v) is 8.98. The maximum atomic E-state index is 14.2. The van der Waals surface area contributed by atoms with Gasteiger partial charge in [-0.1, -0.05) is 92.0 Å². The number of carbonyl (C=O) groups is 6. The molecule has 0 radical (unpaired) electrons. The number of rotatable bonds is 21. The van der Waals surface area contributed by atoms with Crippen molar-refractivity contribution in [3.8, 4) is 45.6 Å². The maximum absolute atomic E-state index is 14.2. The first-order chi connectivity index (χ1) is 40.0. The van der Waals surface area contributed by atoms with Gasteiger partial charge in [-0.2, -0.15) is 0 Å². The van der Waals surface area contributed by atoms with Crippen LogP contribution < -0.4 is 28.4 Å². The van der Waals surface area contributed by atoms with Gasteiger partial charge in [-0.05, 0) is 164 Å². The van der Waals surface area contributed by atoms with E-state index in [0.717, 1.165) is 44.5 Å². The zero-order valence-electron chi connectivity index (χ0n) is 44.0. The van der Waals surface area contributed by atoms with E-state index < -0.39 is 35.8 Å². The number of carbonyl (C=O) groups excluding carboxylic acids is 6. The topological polar surface area (TPSA) is 176 Å². The van der Waals surface area contributed by atoms with Crippen molar-refractivity contribution >= 4 is 78.9 Å². The molecule has 14 heteroatoms. The van der Waals surface area contributed by atoms with E-state index >= 15 is 0 Å². The lowest BCUT2D eigenvalue weighted by Crippen LogP contribution is -2.10. The largest absolute Gasteiger partial charge is 0.493 e. The lowest BCUT2D eigenvalue weighted by Gasteiger charge is -2.17. The van der Waals surface area contributed by atoms with Crippen LogP contribution in [0.4, 0.5) is 0 Å². The maximum Gasteiger partial charge on any atom is 0.343 e. The summed E-state index contributed by atoms with van der Waals surface area (Å²) in [6.45, 7) is 7.75. The van der Waals surface area contributed by atoms with Crippen molar-refractivity contribution in [3.63, 3.8) is 0 Å². The molecule has 0 aliphatic heterocycles. The summed E-state index contributed by atoms with van der Waals surface area (Å²) in [7, 11) is 0. The first-order valence-electron chi connectivity index (χ1n) is 26.0. The van der Waals surface area contributed by atoms with E-state index in [0.29, 0.717) is 82.1 Å². The van der Waals surface area contributed by atoms with Crippen molar-refractivity contribution in [2.45, 2.75) is 12.8 Å². The zero-order chi connectivity index (χ0) is 57.0. The molecular weight excluding hydrogens is 1040 g/mol. The Kier molecular flexibility index (Phi) is 16.8. The van der Waals surface area contributed by atoms with Gasteiger partial charge in [-0.25, -0.2) is 28.8 Å². The van der Waals surface area contributed by atoms with Crippen molar-refractivity contribution in [1.29, 1.82) is 0 Å². The third-order valence-electron chi connectivity index (χ3n) is 13.0. The van der Waals surface area contributed by atoms with E-state index in [1.807, 2.05) is 54.6 Å². The quantitative estimate of drug-likeness (QED) is 0.0287. The number of fused-ring (bicyclic) bond motifs is 4. The summed E-state index contributed by atoms with van der Waals surface area (Å²) < 4.78 is 45.1. The monoisotopic (exact) mass is 1090 g/mol. The highest BCUT2D eigenvalue weighted by molar-refractivity contribution is 6.10. The molecule has 0 aliphatic rings. The standard InChI is InChI=1S/C68H50O14/c1-3-62(69)77-35-9-33-75-53-26-19-44(20-27-53)65(71)79-55-30-23-46-37-51(17-15-48(46)39-55)67(73)81-57-41-50-12-6-7-13-58(50)60(42-57)64-59-14-8-5-11-43(59)25-32-61(64)82-68(74)52-18-16-49-40-56(31-24-47(49)38-52)80-66(72)45-21-28-54(29-22-45)76-34-10-36-78-63(70)4-2/h3-8,11-32,37-42H,1-2,9-10,33-36H2. The first-order valence-corrected chi connectivity index (χ1v) is 26.0. The molecule has 0 saturated carbocycles. The number of hydrogen-bond donors (Lipinski definition) is 0. The molecule has 0 fully saturated rings. The summed E-state index contributed by atoms with van der Waals surface area (Å²) in [5.41, 5.74) is 2.48. The third kappa shape index (κ3) is 13.2. The Balaban J connectivity index is 0.817. The molecule has 0 amide bonds. The van der Waals surface area contributed by atoms with Gasteiger partial charge in [0.15, 0.2) is 0 Å². The van der Waals surface area contributed by atoms with E-state index in [-0.39, 0.29) is 35.8 Å². The average molecular weight is 1090 g/mol. The highest BCUT2D eigenvalue weighted by Crippen LogP contribution is 2.43. The van der Waals surface area contributed by atoms with Crippen molar-refractivity contribution in [1.82, 2.24) is 0 Å². The second-order valence-electron chi connectivity index (χ2n) is 18.6. The van der Waals surface area contributed by atoms with Gasteiger partial charge < -0.3 is 37.9 Å². The fraction of sp³-hybridized carbons (Fsp3) is 0.0882. The molecule has 10 rings (SSSR count). The van der Waals surface area contributed by atoms with Crippen LogP contribution in [-0.2, 0) is 19.1 Å². The summed E-state index contributed by atoms with van der Waals surface area (Å²) >= 11 is 0. The summed E-state index contributed by atoms with van der Waals surface area (Å²) in [4.78, 5) is 76.8. The van der Waals surface area contributed by atoms with E-state index in [9.17, 15) is 28.8 Å². The second kappa shape index (κ2) is 25.3. The molecule has 0 atom stereocenters. The predicted molar refractivity (Wildman–Crippen MR) is 310 cm³/mol. The Morgan fingerprint density at radius 3 is 1.28 bits per heavy atom. The molecular formula is C68H50O14. The molecule has 14 nitrogen and oxygen atoms in total. The van der Waals surface area contributed by atoms with Gasteiger partial charge in [0.05, 0.1) is 48.7 Å². The first kappa shape index (κ1) is 54.5. The molecule has 406 valence electrons. The molecule has 0 unspecified atom stereocenters. The van der Waals surface area contributed by atoms with Crippen molar-refractivity contribution in [2.24, 2.45) is 0 Å². The van der Waals surface area contributed by atoms with Crippen LogP contribution in [0.3, 0.4) is 0 Å². The minimum atomic E-state index is -0.609. The van der Waals surface area contributed by atoms with Gasteiger partial charge in [0, 0.05) is 30.6 Å². The lowest BCUT2D eigenvalue weighted by atomic mass is 9.92. The highest BCUT2D eigenvalue weighted by atomic mass is 16.6. The number of hydrogen-bond acceptors (Lipinski definition) is 14. The van der Waals surface area contributed by atoms with Gasteiger partial charge in [0.25, 0.3) is 0 Å². The molecule has 0 aromatic heterocycles. The average Bonchev–Trinajstić information content (AvgIpc) is 3.68. The molecule has 0 bridgehead atoms. The van der Waals surface area contributed by atoms with Crippen LogP contribution in [-0.4, -0.2) is 62.2 Å². The van der Waals surface area contributed by atoms with Gasteiger partial charge in [0.1, 0.15) is 34.5 Å². The lowest BCUT2D eigenvalue weighted by molar-refractivity contribution is -0.138. The summed E-state index contributed by atoms with van der Waals surface area (Å²) in [5, 5.41) is 6.15. The van der Waals surface area contributed by atoms with Crippen LogP contribution in [0.2, 0.25) is 0 Å². The minimum absolute atomic E-state index is 0.196. The van der Waals surface area contributed by atoms with Crippen LogP contribution in [0.15, 0.2) is 219 Å². The molecule has 0 spiro atoms. The van der Waals surface area contributed by atoms with Gasteiger partial charge in [0.2, 0.25) is 0 Å². The van der Waals surface area contributed by atoms with E-state index in [1.54, 1.807) is 140 Å². The summed E-state index contributed by atoms with van der Waals surface area (Å²) in [6.07, 6.45) is 3.17. The molecule has 0 saturated heterocycles. The predicted octanol–water partition coefficient (Wildman–Crippen LogP) is 13.8. The Labute approximate surface area is 470 Å².